The minimum atomic E-state index is -3.91. The van der Waals surface area contributed by atoms with Crippen LogP contribution in [0.25, 0.3) is 0 Å². The van der Waals surface area contributed by atoms with Crippen molar-refractivity contribution in [2.45, 2.75) is 23.6 Å². The lowest BCUT2D eigenvalue weighted by Gasteiger charge is -2.12. The second-order valence-electron chi connectivity index (χ2n) is 6.90. The molecule has 0 aromatic heterocycles. The van der Waals surface area contributed by atoms with Gasteiger partial charge in [-0.15, -0.1) is 0 Å². The lowest BCUT2D eigenvalue weighted by molar-refractivity contribution is -0.114. The van der Waals surface area contributed by atoms with Crippen molar-refractivity contribution in [3.05, 3.63) is 77.3 Å². The maximum Gasteiger partial charge on any atom is 0.261 e. The Morgan fingerprint density at radius 3 is 1.78 bits per heavy atom. The highest BCUT2D eigenvalue weighted by molar-refractivity contribution is 7.93. The van der Waals surface area contributed by atoms with Crippen LogP contribution >= 0.6 is 11.6 Å². The van der Waals surface area contributed by atoms with Crippen LogP contribution < -0.4 is 14.8 Å². The molecule has 0 radical (unpaired) electrons. The quantitative estimate of drug-likeness (QED) is 0.455. The predicted molar refractivity (Wildman–Crippen MR) is 125 cm³/mol. The number of anilines is 3. The number of carbonyl (C=O) groups excluding carboxylic acids is 1. The van der Waals surface area contributed by atoms with Crippen molar-refractivity contribution in [1.29, 1.82) is 0 Å². The first kappa shape index (κ1) is 23.6. The first-order chi connectivity index (χ1) is 15.0. The number of amides is 1. The molecule has 3 N–H and O–H groups in total. The summed E-state index contributed by atoms with van der Waals surface area (Å²) in [6.45, 7) is 3.09. The van der Waals surface area contributed by atoms with Gasteiger partial charge in [-0.3, -0.25) is 14.2 Å². The van der Waals surface area contributed by atoms with E-state index in [4.69, 9.17) is 11.6 Å². The number of halogens is 1. The Kier molecular flexibility index (Phi) is 6.77. The zero-order chi connectivity index (χ0) is 23.5. The maximum absolute atomic E-state index is 12.7. The van der Waals surface area contributed by atoms with Gasteiger partial charge in [-0.25, -0.2) is 16.8 Å². The lowest BCUT2D eigenvalue weighted by Crippen LogP contribution is -2.15. The molecule has 0 spiro atoms. The van der Waals surface area contributed by atoms with Crippen molar-refractivity contribution < 1.29 is 21.6 Å². The van der Waals surface area contributed by atoms with Crippen molar-refractivity contribution in [3.8, 4) is 0 Å². The topological polar surface area (TPSA) is 121 Å². The van der Waals surface area contributed by atoms with Crippen LogP contribution in [-0.2, 0) is 24.8 Å². The summed E-state index contributed by atoms with van der Waals surface area (Å²) in [4.78, 5) is 11.0. The number of benzene rings is 3. The first-order valence-corrected chi connectivity index (χ1v) is 12.6. The van der Waals surface area contributed by atoms with E-state index in [1.165, 1.54) is 61.5 Å². The third kappa shape index (κ3) is 5.78. The van der Waals surface area contributed by atoms with Gasteiger partial charge in [0.15, 0.2) is 0 Å². The van der Waals surface area contributed by atoms with E-state index < -0.39 is 20.0 Å². The Balaban J connectivity index is 1.76. The molecular formula is C21H20ClN3O5S2. The van der Waals surface area contributed by atoms with E-state index in [2.05, 4.69) is 14.8 Å². The van der Waals surface area contributed by atoms with Gasteiger partial charge in [0, 0.05) is 23.3 Å². The highest BCUT2D eigenvalue weighted by atomic mass is 35.5. The maximum atomic E-state index is 12.7. The van der Waals surface area contributed by atoms with Gasteiger partial charge in [-0.2, -0.15) is 0 Å². The molecule has 3 aromatic rings. The highest BCUT2D eigenvalue weighted by Crippen LogP contribution is 2.25. The summed E-state index contributed by atoms with van der Waals surface area (Å²) in [5.74, 6) is -0.270. The van der Waals surface area contributed by atoms with Crippen LogP contribution in [0.5, 0.6) is 0 Å². The number of hydrogen-bond acceptors (Lipinski definition) is 5. The predicted octanol–water partition coefficient (Wildman–Crippen LogP) is 4.21. The molecule has 8 nitrogen and oxygen atoms in total. The highest BCUT2D eigenvalue weighted by Gasteiger charge is 2.18. The Labute approximate surface area is 191 Å². The van der Waals surface area contributed by atoms with E-state index in [9.17, 15) is 21.6 Å². The van der Waals surface area contributed by atoms with Gasteiger partial charge in [0.1, 0.15) is 0 Å². The van der Waals surface area contributed by atoms with Crippen LogP contribution in [0.15, 0.2) is 76.5 Å². The summed E-state index contributed by atoms with van der Waals surface area (Å²) in [7, 11) is -7.81. The first-order valence-electron chi connectivity index (χ1n) is 9.26. The summed E-state index contributed by atoms with van der Waals surface area (Å²) >= 11 is 5.94. The van der Waals surface area contributed by atoms with Crippen molar-refractivity contribution in [2.24, 2.45) is 0 Å². The van der Waals surface area contributed by atoms with E-state index in [-0.39, 0.29) is 21.4 Å². The zero-order valence-electron chi connectivity index (χ0n) is 17.1. The fourth-order valence-electron chi connectivity index (χ4n) is 2.74. The molecule has 0 heterocycles. The zero-order valence-corrected chi connectivity index (χ0v) is 19.5. The molecule has 0 unspecified atom stereocenters. The number of rotatable bonds is 7. The third-order valence-electron chi connectivity index (χ3n) is 4.35. The summed E-state index contributed by atoms with van der Waals surface area (Å²) in [5, 5.41) is 2.94. The lowest BCUT2D eigenvalue weighted by atomic mass is 10.2. The summed E-state index contributed by atoms with van der Waals surface area (Å²) in [6.07, 6.45) is 0. The van der Waals surface area contributed by atoms with E-state index in [0.29, 0.717) is 22.0 Å². The normalized spacial score (nSPS) is 11.6. The van der Waals surface area contributed by atoms with Crippen molar-refractivity contribution in [1.82, 2.24) is 0 Å². The van der Waals surface area contributed by atoms with Crippen LogP contribution in [0.4, 0.5) is 17.1 Å². The van der Waals surface area contributed by atoms with Crippen molar-refractivity contribution in [2.75, 3.05) is 14.8 Å². The summed E-state index contributed by atoms with van der Waals surface area (Å²) in [6, 6.07) is 15.8. The third-order valence-corrected chi connectivity index (χ3v) is 7.36. The molecule has 0 saturated heterocycles. The Hall–Kier alpha value is -3.08. The van der Waals surface area contributed by atoms with Gasteiger partial charge in [0.2, 0.25) is 5.91 Å². The second kappa shape index (κ2) is 9.19. The van der Waals surface area contributed by atoms with Crippen LogP contribution in [-0.4, -0.2) is 22.7 Å². The average Bonchev–Trinajstić information content (AvgIpc) is 2.70. The van der Waals surface area contributed by atoms with Crippen molar-refractivity contribution >= 4 is 54.6 Å². The largest absolute Gasteiger partial charge is 0.326 e. The summed E-state index contributed by atoms with van der Waals surface area (Å²) in [5.41, 5.74) is 1.71. The fraction of sp³-hybridized carbons (Fsp3) is 0.0952. The van der Waals surface area contributed by atoms with E-state index in [0.717, 1.165) is 0 Å². The number of aryl methyl sites for hydroxylation is 1. The van der Waals surface area contributed by atoms with E-state index in [1.54, 1.807) is 19.1 Å². The Morgan fingerprint density at radius 1 is 0.750 bits per heavy atom. The molecule has 1 amide bonds. The summed E-state index contributed by atoms with van der Waals surface area (Å²) < 4.78 is 55.4. The molecule has 0 fully saturated rings. The van der Waals surface area contributed by atoms with Gasteiger partial charge in [-0.1, -0.05) is 17.7 Å². The fourth-order valence-corrected chi connectivity index (χ4v) is 5.10. The molecule has 3 aromatic carbocycles. The van der Waals surface area contributed by atoms with Gasteiger partial charge < -0.3 is 5.32 Å². The molecule has 11 heteroatoms. The molecule has 32 heavy (non-hydrogen) atoms. The average molecular weight is 494 g/mol. The molecule has 0 bridgehead atoms. The molecule has 0 aliphatic heterocycles. The van der Waals surface area contributed by atoms with Gasteiger partial charge in [0.25, 0.3) is 20.0 Å². The molecule has 168 valence electrons. The van der Waals surface area contributed by atoms with Crippen LogP contribution in [0.2, 0.25) is 5.02 Å². The minimum absolute atomic E-state index is 0.0126. The molecule has 3 rings (SSSR count). The monoisotopic (exact) mass is 493 g/mol. The van der Waals surface area contributed by atoms with Gasteiger partial charge in [-0.05, 0) is 73.2 Å². The molecule has 0 aliphatic rings. The SMILES string of the molecule is CC(=O)Nc1ccc(S(=O)(=O)Nc2ccc(S(=O)(=O)Nc3cc(Cl)ccc3C)cc2)cc1. The molecule has 0 aliphatic carbocycles. The van der Waals surface area contributed by atoms with Gasteiger partial charge in [0.05, 0.1) is 15.5 Å². The molecule has 0 saturated carbocycles. The Morgan fingerprint density at radius 2 is 1.25 bits per heavy atom. The van der Waals surface area contributed by atoms with Gasteiger partial charge >= 0.3 is 0 Å². The van der Waals surface area contributed by atoms with Crippen LogP contribution in [0, 0.1) is 6.92 Å². The number of hydrogen-bond donors (Lipinski definition) is 3. The molecule has 0 atom stereocenters. The minimum Gasteiger partial charge on any atom is -0.326 e. The number of carbonyl (C=O) groups is 1. The second-order valence-corrected chi connectivity index (χ2v) is 10.7. The number of sulfonamides is 2. The van der Waals surface area contributed by atoms with E-state index >= 15 is 0 Å². The van der Waals surface area contributed by atoms with Crippen LogP contribution in [0.1, 0.15) is 12.5 Å². The number of nitrogens with one attached hydrogen (secondary N) is 3. The smallest absolute Gasteiger partial charge is 0.261 e. The van der Waals surface area contributed by atoms with Crippen LogP contribution in [0.3, 0.4) is 0 Å². The Bertz CT molecular complexity index is 1360. The van der Waals surface area contributed by atoms with Crippen molar-refractivity contribution in [3.63, 3.8) is 0 Å². The molecular weight excluding hydrogens is 474 g/mol. The van der Waals surface area contributed by atoms with E-state index in [1.807, 2.05) is 0 Å². The standard InChI is InChI=1S/C21H20ClN3O5S2/c1-14-3-4-16(22)13-21(14)25-32(29,30)20-11-7-18(8-12-20)24-31(27,28)19-9-5-17(6-10-19)23-15(2)26/h3-13,24-25H,1-2H3,(H,23,26).